The maximum absolute atomic E-state index is 12.6. The largest absolute Gasteiger partial charge is 0.506 e. The number of hydrogen-bond donors (Lipinski definition) is 4. The summed E-state index contributed by atoms with van der Waals surface area (Å²) >= 11 is 8.29. The summed E-state index contributed by atoms with van der Waals surface area (Å²) in [5.41, 5.74) is 3.39. The zero-order valence-electron chi connectivity index (χ0n) is 19.6. The number of thiocarbonyl (C=S) groups is 1. The summed E-state index contributed by atoms with van der Waals surface area (Å²) in [5.74, 6) is -1.12. The van der Waals surface area contributed by atoms with Gasteiger partial charge in [-0.2, -0.15) is 5.10 Å². The van der Waals surface area contributed by atoms with Gasteiger partial charge in [-0.3, -0.25) is 14.9 Å². The number of halogens is 1. The number of nitro groups is 1. The van der Waals surface area contributed by atoms with Crippen LogP contribution in [0.25, 0.3) is 0 Å². The smallest absolute Gasteiger partial charge is 0.338 e. The van der Waals surface area contributed by atoms with Gasteiger partial charge in [-0.15, -0.1) is 0 Å². The Morgan fingerprint density at radius 1 is 1.35 bits per heavy atom. The number of nitro benzene ring substituents is 1. The molecule has 14 heteroatoms. The number of non-ortho nitro benzene ring substituents is 1. The van der Waals surface area contributed by atoms with Crippen molar-refractivity contribution in [2.24, 2.45) is 5.10 Å². The Kier molecular flexibility index (Phi) is 9.14. The number of ether oxygens (including phenoxy) is 2. The quantitative estimate of drug-likeness (QED) is 0.112. The molecule has 12 nitrogen and oxygen atoms in total. The predicted molar refractivity (Wildman–Crippen MR) is 141 cm³/mol. The highest BCUT2D eigenvalue weighted by atomic mass is 79.9. The van der Waals surface area contributed by atoms with E-state index in [1.165, 1.54) is 0 Å². The van der Waals surface area contributed by atoms with Crippen molar-refractivity contribution in [1.29, 1.82) is 0 Å². The number of esters is 1. The third kappa shape index (κ3) is 6.80. The second-order valence-electron chi connectivity index (χ2n) is 7.53. The first kappa shape index (κ1) is 27.5. The number of phenols is 1. The normalized spacial score (nSPS) is 15.1. The molecule has 37 heavy (non-hydrogen) atoms. The van der Waals surface area contributed by atoms with Gasteiger partial charge in [-0.05, 0) is 48.1 Å². The minimum atomic E-state index is -0.680. The van der Waals surface area contributed by atoms with Crippen LogP contribution in [0, 0.1) is 10.1 Å². The minimum Gasteiger partial charge on any atom is -0.506 e. The first-order valence-electron chi connectivity index (χ1n) is 10.8. The third-order valence-corrected chi connectivity index (χ3v) is 5.86. The second kappa shape index (κ2) is 12.3. The zero-order chi connectivity index (χ0) is 27.1. The summed E-state index contributed by atoms with van der Waals surface area (Å²) in [4.78, 5) is 35.3. The standard InChI is InChI=1S/C23H22BrN5O7S/c1-3-35-22(32)19-12(2)26-23(37)27-20(19)15-6-4-5-7-17(15)36-11-18(30)28-25-10-13-8-14(29(33)34)9-16(24)21(13)31/h4-10,20,31H,3,11H2,1-2H3,(H,28,30)(H2,26,27,37)/t20-/m0/s1. The predicted octanol–water partition coefficient (Wildman–Crippen LogP) is 2.95. The number of hydrazone groups is 1. The average Bonchev–Trinajstić information content (AvgIpc) is 2.84. The van der Waals surface area contributed by atoms with Gasteiger partial charge in [0.1, 0.15) is 11.5 Å². The lowest BCUT2D eigenvalue weighted by molar-refractivity contribution is -0.385. The molecule has 1 heterocycles. The van der Waals surface area contributed by atoms with Crippen molar-refractivity contribution in [3.05, 3.63) is 73.4 Å². The lowest BCUT2D eigenvalue weighted by Gasteiger charge is -2.30. The van der Waals surface area contributed by atoms with E-state index in [2.05, 4.69) is 37.1 Å². The molecule has 3 rings (SSSR count). The van der Waals surface area contributed by atoms with Gasteiger partial charge in [0.05, 0.1) is 33.8 Å². The molecular weight excluding hydrogens is 570 g/mol. The fraction of sp³-hybridized carbons (Fsp3) is 0.217. The fourth-order valence-electron chi connectivity index (χ4n) is 3.42. The highest BCUT2D eigenvalue weighted by Crippen LogP contribution is 2.34. The van der Waals surface area contributed by atoms with Crippen molar-refractivity contribution in [2.75, 3.05) is 13.2 Å². The monoisotopic (exact) mass is 591 g/mol. The summed E-state index contributed by atoms with van der Waals surface area (Å²) in [6.45, 7) is 3.16. The summed E-state index contributed by atoms with van der Waals surface area (Å²) in [5, 5.41) is 31.1. The Morgan fingerprint density at radius 3 is 2.78 bits per heavy atom. The highest BCUT2D eigenvalue weighted by molar-refractivity contribution is 9.10. The van der Waals surface area contributed by atoms with Crippen LogP contribution in [0.1, 0.15) is 31.0 Å². The van der Waals surface area contributed by atoms with E-state index in [1.54, 1.807) is 38.1 Å². The van der Waals surface area contributed by atoms with E-state index >= 15 is 0 Å². The van der Waals surface area contributed by atoms with Gasteiger partial charge < -0.3 is 25.2 Å². The molecule has 1 amide bonds. The number of para-hydroxylation sites is 1. The lowest BCUT2D eigenvalue weighted by atomic mass is 9.95. The molecule has 2 aromatic carbocycles. The van der Waals surface area contributed by atoms with E-state index in [-0.39, 0.29) is 28.1 Å². The number of phenolic OH excluding ortho intramolecular Hbond substituents is 1. The third-order valence-electron chi connectivity index (χ3n) is 5.03. The summed E-state index contributed by atoms with van der Waals surface area (Å²) in [6.07, 6.45) is 1.07. The molecule has 0 bridgehead atoms. The summed E-state index contributed by atoms with van der Waals surface area (Å²) in [7, 11) is 0. The first-order valence-corrected chi connectivity index (χ1v) is 12.0. The number of nitrogens with zero attached hydrogens (tertiary/aromatic N) is 2. The maximum atomic E-state index is 12.6. The Balaban J connectivity index is 1.73. The van der Waals surface area contributed by atoms with Crippen molar-refractivity contribution in [2.45, 2.75) is 19.9 Å². The molecule has 194 valence electrons. The zero-order valence-corrected chi connectivity index (χ0v) is 22.0. The highest BCUT2D eigenvalue weighted by Gasteiger charge is 2.32. The topological polar surface area (TPSA) is 164 Å². The number of nitrogens with one attached hydrogen (secondary N) is 3. The molecule has 2 aromatic rings. The van der Waals surface area contributed by atoms with E-state index in [0.29, 0.717) is 27.7 Å². The number of carbonyl (C=O) groups is 2. The van der Waals surface area contributed by atoms with Crippen LogP contribution in [0.4, 0.5) is 5.69 Å². The van der Waals surface area contributed by atoms with Crippen LogP contribution in [0.3, 0.4) is 0 Å². The molecule has 0 fully saturated rings. The Morgan fingerprint density at radius 2 is 2.08 bits per heavy atom. The average molecular weight is 592 g/mol. The number of hydrogen-bond acceptors (Lipinski definition) is 9. The minimum absolute atomic E-state index is 0.0224. The Labute approximate surface area is 225 Å². The SMILES string of the molecule is CCOC(=O)C1=C(C)NC(=S)N[C@H]1c1ccccc1OCC(=O)NN=Cc1cc([N+](=O)[O-])cc(Br)c1O. The molecule has 0 radical (unpaired) electrons. The first-order chi connectivity index (χ1) is 17.6. The number of carbonyl (C=O) groups excluding carboxylic acids is 2. The molecule has 0 aromatic heterocycles. The van der Waals surface area contributed by atoms with Gasteiger partial charge in [0, 0.05) is 29.0 Å². The van der Waals surface area contributed by atoms with E-state index in [4.69, 9.17) is 21.7 Å². The number of rotatable bonds is 9. The van der Waals surface area contributed by atoms with Crippen molar-refractivity contribution in [3.63, 3.8) is 0 Å². The van der Waals surface area contributed by atoms with E-state index in [1.807, 2.05) is 0 Å². The molecular formula is C23H22BrN5O7S. The van der Waals surface area contributed by atoms with Crippen LogP contribution in [-0.2, 0) is 14.3 Å². The molecule has 0 aliphatic carbocycles. The molecule has 0 unspecified atom stereocenters. The van der Waals surface area contributed by atoms with Gasteiger partial charge in [0.15, 0.2) is 11.7 Å². The van der Waals surface area contributed by atoms with Crippen molar-refractivity contribution >= 4 is 57.0 Å². The molecule has 0 saturated heterocycles. The lowest BCUT2D eigenvalue weighted by Crippen LogP contribution is -2.45. The van der Waals surface area contributed by atoms with Crippen LogP contribution in [0.2, 0.25) is 0 Å². The van der Waals surface area contributed by atoms with Gasteiger partial charge in [-0.1, -0.05) is 18.2 Å². The second-order valence-corrected chi connectivity index (χ2v) is 8.80. The van der Waals surface area contributed by atoms with Crippen LogP contribution >= 0.6 is 28.1 Å². The van der Waals surface area contributed by atoms with Crippen LogP contribution in [-0.4, -0.2) is 46.4 Å². The molecule has 1 aliphatic rings. The molecule has 0 saturated carbocycles. The fourth-order valence-corrected chi connectivity index (χ4v) is 4.15. The number of benzene rings is 2. The van der Waals surface area contributed by atoms with Gasteiger partial charge in [-0.25, -0.2) is 10.2 Å². The number of aromatic hydroxyl groups is 1. The van der Waals surface area contributed by atoms with Gasteiger partial charge in [0.25, 0.3) is 11.6 Å². The van der Waals surface area contributed by atoms with Gasteiger partial charge >= 0.3 is 5.97 Å². The van der Waals surface area contributed by atoms with E-state index in [9.17, 15) is 24.8 Å². The van der Waals surface area contributed by atoms with E-state index < -0.39 is 29.4 Å². The Bertz CT molecular complexity index is 1310. The molecule has 1 atom stereocenters. The van der Waals surface area contributed by atoms with Crippen molar-refractivity contribution in [3.8, 4) is 11.5 Å². The van der Waals surface area contributed by atoms with Crippen molar-refractivity contribution in [1.82, 2.24) is 16.1 Å². The van der Waals surface area contributed by atoms with Crippen LogP contribution < -0.4 is 20.8 Å². The van der Waals surface area contributed by atoms with Crippen LogP contribution in [0.5, 0.6) is 11.5 Å². The summed E-state index contributed by atoms with van der Waals surface area (Å²) in [6, 6.07) is 8.39. The van der Waals surface area contributed by atoms with Crippen LogP contribution in [0.15, 0.2) is 57.2 Å². The maximum Gasteiger partial charge on any atom is 0.338 e. The molecule has 4 N–H and O–H groups in total. The summed E-state index contributed by atoms with van der Waals surface area (Å²) < 4.78 is 11.0. The Hall–Kier alpha value is -4.04. The van der Waals surface area contributed by atoms with E-state index in [0.717, 1.165) is 18.3 Å². The van der Waals surface area contributed by atoms with Gasteiger partial charge in [0.2, 0.25) is 0 Å². The molecule has 0 spiro atoms. The van der Waals surface area contributed by atoms with Crippen molar-refractivity contribution < 1.29 is 29.1 Å². The number of allylic oxidation sites excluding steroid dienone is 1. The molecule has 1 aliphatic heterocycles. The number of amides is 1.